The third kappa shape index (κ3) is 7.07. The molecule has 0 amide bonds. The van der Waals surface area contributed by atoms with E-state index >= 15 is 0 Å². The van der Waals surface area contributed by atoms with E-state index in [1.165, 1.54) is 29.8 Å². The molecule has 31 heavy (non-hydrogen) atoms. The van der Waals surface area contributed by atoms with Crippen LogP contribution in [0.2, 0.25) is 0 Å². The molecule has 0 spiro atoms. The Kier molecular flexibility index (Phi) is 9.47. The van der Waals surface area contributed by atoms with Gasteiger partial charge in [-0.3, -0.25) is 0 Å². The number of halogens is 2. The molecule has 1 heterocycles. The smallest absolute Gasteiger partial charge is 0.123 e. The van der Waals surface area contributed by atoms with Crippen LogP contribution in [-0.2, 0) is 0 Å². The van der Waals surface area contributed by atoms with Crippen molar-refractivity contribution in [1.82, 2.24) is 0 Å². The zero-order valence-electron chi connectivity index (χ0n) is 18.3. The van der Waals surface area contributed by atoms with Gasteiger partial charge in [0, 0.05) is 12.2 Å². The van der Waals surface area contributed by atoms with Gasteiger partial charge in [-0.05, 0) is 79.5 Å². The van der Waals surface area contributed by atoms with E-state index in [-0.39, 0.29) is 11.6 Å². The molecular weight excluding hydrogens is 396 g/mol. The minimum Gasteiger partial charge on any atom is -0.508 e. The molecule has 1 aliphatic carbocycles. The number of allylic oxidation sites excluding steroid dienone is 3. The van der Waals surface area contributed by atoms with E-state index in [0.717, 1.165) is 30.6 Å². The number of benzene rings is 2. The van der Waals surface area contributed by atoms with Crippen LogP contribution in [0.5, 0.6) is 0 Å². The molecule has 1 fully saturated rings. The second-order valence-corrected chi connectivity index (χ2v) is 7.10. The Hall–Kier alpha value is -2.92. The monoisotopic (exact) mass is 427 g/mol. The predicted octanol–water partition coefficient (Wildman–Crippen LogP) is 6.64. The van der Waals surface area contributed by atoms with Crippen LogP contribution in [0.15, 0.2) is 84.2 Å². The highest BCUT2D eigenvalue weighted by Crippen LogP contribution is 2.32. The summed E-state index contributed by atoms with van der Waals surface area (Å²) in [5, 5.41) is 18.5. The molecular formula is C26H31F2NO2. The van der Waals surface area contributed by atoms with Crippen LogP contribution in [-0.4, -0.2) is 22.8 Å². The number of rotatable bonds is 3. The lowest BCUT2D eigenvalue weighted by atomic mass is 9.93. The minimum absolute atomic E-state index is 0.205. The van der Waals surface area contributed by atoms with E-state index in [1.54, 1.807) is 31.2 Å². The number of aliphatic hydroxyl groups excluding tert-OH is 2. The summed E-state index contributed by atoms with van der Waals surface area (Å²) < 4.78 is 25.2. The molecule has 5 heteroatoms. The fourth-order valence-corrected chi connectivity index (χ4v) is 3.30. The van der Waals surface area contributed by atoms with Crippen LogP contribution in [0.3, 0.4) is 0 Å². The maximum atomic E-state index is 12.9. The SMILES string of the molecule is CC.CC(O)c1ccc(F)cc1.OC1=CCC=C(C2CCN2c2ccc(F)cc2)C=C1. The Morgan fingerprint density at radius 3 is 2.00 bits per heavy atom. The lowest BCUT2D eigenvalue weighted by Crippen LogP contribution is -2.48. The fourth-order valence-electron chi connectivity index (χ4n) is 3.30. The first kappa shape index (κ1) is 24.4. The second kappa shape index (κ2) is 12.1. The number of hydrogen-bond donors (Lipinski definition) is 2. The zero-order chi connectivity index (χ0) is 22.8. The van der Waals surface area contributed by atoms with Crippen molar-refractivity contribution in [2.24, 2.45) is 0 Å². The van der Waals surface area contributed by atoms with Gasteiger partial charge in [0.05, 0.1) is 12.1 Å². The summed E-state index contributed by atoms with van der Waals surface area (Å²) in [6, 6.07) is 12.8. The first-order valence-corrected chi connectivity index (χ1v) is 10.7. The molecule has 2 unspecified atom stereocenters. The average molecular weight is 428 g/mol. The van der Waals surface area contributed by atoms with Crippen LogP contribution in [0.4, 0.5) is 14.5 Å². The molecule has 0 saturated carbocycles. The lowest BCUT2D eigenvalue weighted by Gasteiger charge is -2.43. The van der Waals surface area contributed by atoms with Gasteiger partial charge < -0.3 is 15.1 Å². The van der Waals surface area contributed by atoms with E-state index in [4.69, 9.17) is 5.11 Å². The topological polar surface area (TPSA) is 43.7 Å². The Bertz CT molecular complexity index is 900. The van der Waals surface area contributed by atoms with Crippen LogP contribution in [0.25, 0.3) is 0 Å². The molecule has 2 atom stereocenters. The lowest BCUT2D eigenvalue weighted by molar-refractivity contribution is 0.199. The minimum atomic E-state index is -0.513. The van der Waals surface area contributed by atoms with Gasteiger partial charge in [-0.2, -0.15) is 0 Å². The molecule has 4 rings (SSSR count). The van der Waals surface area contributed by atoms with Crippen molar-refractivity contribution in [2.75, 3.05) is 11.4 Å². The molecule has 1 saturated heterocycles. The number of nitrogens with zero attached hydrogens (tertiary/aromatic N) is 1. The van der Waals surface area contributed by atoms with Gasteiger partial charge in [-0.1, -0.05) is 38.1 Å². The van der Waals surface area contributed by atoms with Gasteiger partial charge in [0.15, 0.2) is 0 Å². The second-order valence-electron chi connectivity index (χ2n) is 7.10. The standard InChI is InChI=1S/C16H16FNO.C8H9FO.C2H6/c17-13-5-7-14(8-6-13)18-11-10-16(18)12-2-1-3-15(19)9-4-12;1-6(10)7-2-4-8(9)5-3-7;1-2/h2-9,16,19H,1,10-11H2;2-6,10H,1H3;1-2H3. The fraction of sp³-hybridized carbons (Fsp3) is 0.308. The van der Waals surface area contributed by atoms with Crippen molar-refractivity contribution < 1.29 is 19.0 Å². The molecule has 0 aromatic heterocycles. The summed E-state index contributed by atoms with van der Waals surface area (Å²) in [7, 11) is 0. The Labute approximate surface area is 183 Å². The number of anilines is 1. The predicted molar refractivity (Wildman–Crippen MR) is 123 cm³/mol. The zero-order valence-corrected chi connectivity index (χ0v) is 18.3. The van der Waals surface area contributed by atoms with Crippen LogP contribution >= 0.6 is 0 Å². The Balaban J connectivity index is 0.000000241. The van der Waals surface area contributed by atoms with E-state index in [2.05, 4.69) is 11.0 Å². The largest absolute Gasteiger partial charge is 0.508 e. The highest BCUT2D eigenvalue weighted by atomic mass is 19.1. The highest BCUT2D eigenvalue weighted by molar-refractivity contribution is 5.54. The third-order valence-corrected chi connectivity index (χ3v) is 5.04. The first-order valence-electron chi connectivity index (χ1n) is 10.7. The van der Waals surface area contributed by atoms with Crippen LogP contribution in [0, 0.1) is 11.6 Å². The highest BCUT2D eigenvalue weighted by Gasteiger charge is 2.30. The molecule has 3 nitrogen and oxygen atoms in total. The van der Waals surface area contributed by atoms with Gasteiger partial charge in [0.25, 0.3) is 0 Å². The Morgan fingerprint density at radius 2 is 1.48 bits per heavy atom. The molecule has 2 N–H and O–H groups in total. The summed E-state index contributed by atoms with van der Waals surface area (Å²) in [5.74, 6) is -0.160. The van der Waals surface area contributed by atoms with Gasteiger partial charge in [-0.25, -0.2) is 8.78 Å². The van der Waals surface area contributed by atoms with Crippen molar-refractivity contribution in [2.45, 2.75) is 45.8 Å². The Morgan fingerprint density at radius 1 is 0.903 bits per heavy atom. The summed E-state index contributed by atoms with van der Waals surface area (Å²) in [6.07, 6.45) is 8.97. The normalized spacial score (nSPS) is 18.1. The number of hydrogen-bond acceptors (Lipinski definition) is 3. The van der Waals surface area contributed by atoms with Crippen molar-refractivity contribution in [1.29, 1.82) is 0 Å². The van der Waals surface area contributed by atoms with E-state index in [9.17, 15) is 13.9 Å². The maximum absolute atomic E-state index is 12.9. The molecule has 1 aliphatic heterocycles. The molecule has 166 valence electrons. The molecule has 2 aromatic rings. The van der Waals surface area contributed by atoms with Crippen molar-refractivity contribution in [3.8, 4) is 0 Å². The van der Waals surface area contributed by atoms with Crippen molar-refractivity contribution in [3.05, 3.63) is 101 Å². The van der Waals surface area contributed by atoms with Gasteiger partial charge >= 0.3 is 0 Å². The maximum Gasteiger partial charge on any atom is 0.123 e. The molecule has 2 aliphatic rings. The van der Waals surface area contributed by atoms with E-state index in [0.29, 0.717) is 11.8 Å². The summed E-state index contributed by atoms with van der Waals surface area (Å²) in [6.45, 7) is 6.63. The molecule has 0 radical (unpaired) electrons. The average Bonchev–Trinajstić information content (AvgIpc) is 2.96. The van der Waals surface area contributed by atoms with E-state index in [1.807, 2.05) is 32.1 Å². The van der Waals surface area contributed by atoms with Crippen molar-refractivity contribution in [3.63, 3.8) is 0 Å². The van der Waals surface area contributed by atoms with E-state index < -0.39 is 6.10 Å². The first-order chi connectivity index (χ1) is 14.9. The van der Waals surface area contributed by atoms with Crippen molar-refractivity contribution >= 4 is 5.69 Å². The molecule has 2 aromatic carbocycles. The van der Waals surface area contributed by atoms with Gasteiger partial charge in [-0.15, -0.1) is 0 Å². The summed E-state index contributed by atoms with van der Waals surface area (Å²) >= 11 is 0. The van der Waals surface area contributed by atoms with Crippen LogP contribution < -0.4 is 4.90 Å². The third-order valence-electron chi connectivity index (χ3n) is 5.04. The number of aliphatic hydroxyl groups is 2. The van der Waals surface area contributed by atoms with Gasteiger partial charge in [0.2, 0.25) is 0 Å². The quantitative estimate of drug-likeness (QED) is 0.577. The summed E-state index contributed by atoms with van der Waals surface area (Å²) in [5.41, 5.74) is 3.01. The molecule has 0 bridgehead atoms. The van der Waals surface area contributed by atoms with Crippen LogP contribution in [0.1, 0.15) is 45.3 Å². The van der Waals surface area contributed by atoms with Gasteiger partial charge in [0.1, 0.15) is 17.4 Å². The summed E-state index contributed by atoms with van der Waals surface area (Å²) in [4.78, 5) is 2.26.